The standard InChI is InChI=1S/C20H24ClN3O3/c1-14(2)27-20-16(5-3-12-23-20)13-24-18(25)6-4-11-22-19(26)15-7-9-17(21)10-8-15/h3,5,7-10,12,14H,4,6,11,13H2,1-2H3,(H,22,26)(H,24,25). The molecule has 0 fully saturated rings. The maximum absolute atomic E-state index is 12.0. The van der Waals surface area contributed by atoms with Crippen molar-refractivity contribution < 1.29 is 14.3 Å². The second kappa shape index (κ2) is 10.5. The summed E-state index contributed by atoms with van der Waals surface area (Å²) in [5, 5.41) is 6.22. The van der Waals surface area contributed by atoms with E-state index in [-0.39, 0.29) is 17.9 Å². The van der Waals surface area contributed by atoms with Crippen molar-refractivity contribution in [3.8, 4) is 5.88 Å². The highest BCUT2D eigenvalue weighted by atomic mass is 35.5. The van der Waals surface area contributed by atoms with E-state index in [4.69, 9.17) is 16.3 Å². The molecule has 27 heavy (non-hydrogen) atoms. The molecule has 0 spiro atoms. The minimum atomic E-state index is -0.182. The van der Waals surface area contributed by atoms with E-state index in [2.05, 4.69) is 15.6 Å². The average Bonchev–Trinajstić information content (AvgIpc) is 2.64. The fourth-order valence-electron chi connectivity index (χ4n) is 2.32. The molecule has 0 aliphatic heterocycles. The molecule has 2 N–H and O–H groups in total. The number of halogens is 1. The average molecular weight is 390 g/mol. The summed E-state index contributed by atoms with van der Waals surface area (Å²) < 4.78 is 5.63. The smallest absolute Gasteiger partial charge is 0.251 e. The molecule has 2 aromatic rings. The van der Waals surface area contributed by atoms with Gasteiger partial charge in [0.2, 0.25) is 11.8 Å². The molecule has 2 amide bonds. The fraction of sp³-hybridized carbons (Fsp3) is 0.350. The first-order chi connectivity index (χ1) is 13.0. The van der Waals surface area contributed by atoms with Gasteiger partial charge in [0, 0.05) is 41.9 Å². The van der Waals surface area contributed by atoms with Crippen LogP contribution >= 0.6 is 11.6 Å². The van der Waals surface area contributed by atoms with Crippen LogP contribution in [0.5, 0.6) is 5.88 Å². The van der Waals surface area contributed by atoms with Gasteiger partial charge in [-0.3, -0.25) is 9.59 Å². The lowest BCUT2D eigenvalue weighted by Gasteiger charge is -2.13. The quantitative estimate of drug-likeness (QED) is 0.644. The van der Waals surface area contributed by atoms with Crippen molar-refractivity contribution in [2.75, 3.05) is 6.54 Å². The van der Waals surface area contributed by atoms with Gasteiger partial charge in [-0.25, -0.2) is 4.98 Å². The third kappa shape index (κ3) is 7.27. The van der Waals surface area contributed by atoms with Gasteiger partial charge >= 0.3 is 0 Å². The summed E-state index contributed by atoms with van der Waals surface area (Å²) in [7, 11) is 0. The van der Waals surface area contributed by atoms with Crippen LogP contribution in [-0.4, -0.2) is 29.4 Å². The van der Waals surface area contributed by atoms with Gasteiger partial charge in [-0.2, -0.15) is 0 Å². The number of nitrogens with zero attached hydrogens (tertiary/aromatic N) is 1. The van der Waals surface area contributed by atoms with Crippen LogP contribution in [0, 0.1) is 0 Å². The SMILES string of the molecule is CC(C)Oc1ncccc1CNC(=O)CCCNC(=O)c1ccc(Cl)cc1. The van der Waals surface area contributed by atoms with E-state index in [1.807, 2.05) is 19.9 Å². The largest absolute Gasteiger partial charge is 0.475 e. The second-order valence-corrected chi connectivity index (χ2v) is 6.71. The molecule has 1 aromatic heterocycles. The van der Waals surface area contributed by atoms with Gasteiger partial charge in [0.25, 0.3) is 5.91 Å². The predicted molar refractivity (Wildman–Crippen MR) is 105 cm³/mol. The molecule has 1 heterocycles. The predicted octanol–water partition coefficient (Wildman–Crippen LogP) is 3.35. The van der Waals surface area contributed by atoms with Crippen LogP contribution in [-0.2, 0) is 11.3 Å². The Hall–Kier alpha value is -2.60. The Kier molecular flexibility index (Phi) is 8.07. The van der Waals surface area contributed by atoms with Crippen molar-refractivity contribution >= 4 is 23.4 Å². The highest BCUT2D eigenvalue weighted by Crippen LogP contribution is 2.15. The van der Waals surface area contributed by atoms with Gasteiger partial charge in [-0.15, -0.1) is 0 Å². The van der Waals surface area contributed by atoms with E-state index in [0.29, 0.717) is 42.4 Å². The van der Waals surface area contributed by atoms with Crippen LogP contribution in [0.4, 0.5) is 0 Å². The van der Waals surface area contributed by atoms with Crippen LogP contribution in [0.25, 0.3) is 0 Å². The molecule has 2 rings (SSSR count). The normalized spacial score (nSPS) is 10.5. The number of benzene rings is 1. The molecular formula is C20H24ClN3O3. The van der Waals surface area contributed by atoms with E-state index in [1.54, 1.807) is 36.5 Å². The number of ether oxygens (including phenoxy) is 1. The number of carbonyl (C=O) groups excluding carboxylic acids is 2. The molecule has 6 nitrogen and oxygen atoms in total. The lowest BCUT2D eigenvalue weighted by molar-refractivity contribution is -0.121. The van der Waals surface area contributed by atoms with Gasteiger partial charge < -0.3 is 15.4 Å². The molecule has 0 atom stereocenters. The van der Waals surface area contributed by atoms with E-state index in [0.717, 1.165) is 5.56 Å². The molecule has 0 bridgehead atoms. The number of carbonyl (C=O) groups is 2. The van der Waals surface area contributed by atoms with E-state index >= 15 is 0 Å². The number of amides is 2. The van der Waals surface area contributed by atoms with Crippen molar-refractivity contribution in [2.45, 2.75) is 39.3 Å². The lowest BCUT2D eigenvalue weighted by Crippen LogP contribution is -2.27. The summed E-state index contributed by atoms with van der Waals surface area (Å²) in [4.78, 5) is 28.2. The first-order valence-corrected chi connectivity index (χ1v) is 9.24. The zero-order valence-electron chi connectivity index (χ0n) is 15.5. The molecule has 0 unspecified atom stereocenters. The Morgan fingerprint density at radius 1 is 1.15 bits per heavy atom. The zero-order chi connectivity index (χ0) is 19.6. The summed E-state index contributed by atoms with van der Waals surface area (Å²) in [5.41, 5.74) is 1.37. The van der Waals surface area contributed by atoms with Crippen LogP contribution < -0.4 is 15.4 Å². The van der Waals surface area contributed by atoms with Crippen molar-refractivity contribution in [2.24, 2.45) is 0 Å². The number of hydrogen-bond donors (Lipinski definition) is 2. The number of rotatable bonds is 9. The maximum atomic E-state index is 12.0. The molecule has 0 saturated carbocycles. The van der Waals surface area contributed by atoms with E-state index < -0.39 is 0 Å². The molecule has 0 radical (unpaired) electrons. The minimum Gasteiger partial charge on any atom is -0.475 e. The molecule has 0 aliphatic carbocycles. The third-order valence-corrected chi connectivity index (χ3v) is 3.90. The second-order valence-electron chi connectivity index (χ2n) is 6.28. The first kappa shape index (κ1) is 20.7. The van der Waals surface area contributed by atoms with Crippen molar-refractivity contribution in [1.29, 1.82) is 0 Å². The Bertz CT molecular complexity index is 763. The van der Waals surface area contributed by atoms with E-state index in [9.17, 15) is 9.59 Å². The summed E-state index contributed by atoms with van der Waals surface area (Å²) in [5.74, 6) is 0.260. The summed E-state index contributed by atoms with van der Waals surface area (Å²) in [6.07, 6.45) is 2.54. The zero-order valence-corrected chi connectivity index (χ0v) is 16.3. The number of nitrogens with one attached hydrogen (secondary N) is 2. The number of hydrogen-bond acceptors (Lipinski definition) is 4. The lowest BCUT2D eigenvalue weighted by atomic mass is 10.2. The summed E-state index contributed by atoms with van der Waals surface area (Å²) in [6, 6.07) is 10.3. The molecular weight excluding hydrogens is 366 g/mol. The van der Waals surface area contributed by atoms with Crippen LogP contribution in [0.15, 0.2) is 42.6 Å². The van der Waals surface area contributed by atoms with Crippen molar-refractivity contribution in [3.63, 3.8) is 0 Å². The van der Waals surface area contributed by atoms with Gasteiger partial charge in [0.15, 0.2) is 0 Å². The highest BCUT2D eigenvalue weighted by Gasteiger charge is 2.09. The molecule has 0 aliphatic rings. The summed E-state index contributed by atoms with van der Waals surface area (Å²) >= 11 is 5.80. The third-order valence-electron chi connectivity index (χ3n) is 3.65. The minimum absolute atomic E-state index is 0.0126. The maximum Gasteiger partial charge on any atom is 0.251 e. The van der Waals surface area contributed by atoms with Gasteiger partial charge in [-0.1, -0.05) is 17.7 Å². The number of pyridine rings is 1. The Morgan fingerprint density at radius 3 is 2.59 bits per heavy atom. The summed E-state index contributed by atoms with van der Waals surface area (Å²) in [6.45, 7) is 4.63. The van der Waals surface area contributed by atoms with Gasteiger partial charge in [0.05, 0.1) is 6.10 Å². The first-order valence-electron chi connectivity index (χ1n) is 8.86. The van der Waals surface area contributed by atoms with Crippen molar-refractivity contribution in [1.82, 2.24) is 15.6 Å². The highest BCUT2D eigenvalue weighted by molar-refractivity contribution is 6.30. The van der Waals surface area contributed by atoms with Crippen LogP contribution in [0.1, 0.15) is 42.6 Å². The Labute approximate surface area is 164 Å². The van der Waals surface area contributed by atoms with Gasteiger partial charge in [-0.05, 0) is 50.6 Å². The molecule has 0 saturated heterocycles. The van der Waals surface area contributed by atoms with Crippen molar-refractivity contribution in [3.05, 3.63) is 58.7 Å². The monoisotopic (exact) mass is 389 g/mol. The van der Waals surface area contributed by atoms with Gasteiger partial charge in [0.1, 0.15) is 0 Å². The topological polar surface area (TPSA) is 80.3 Å². The Morgan fingerprint density at radius 2 is 1.89 bits per heavy atom. The van der Waals surface area contributed by atoms with Crippen LogP contribution in [0.3, 0.4) is 0 Å². The molecule has 7 heteroatoms. The fourth-order valence-corrected chi connectivity index (χ4v) is 2.45. The van der Waals surface area contributed by atoms with E-state index in [1.165, 1.54) is 0 Å². The molecule has 144 valence electrons. The molecule has 1 aromatic carbocycles. The number of aromatic nitrogens is 1. The Balaban J connectivity index is 1.69. The van der Waals surface area contributed by atoms with Crippen LogP contribution in [0.2, 0.25) is 5.02 Å².